The summed E-state index contributed by atoms with van der Waals surface area (Å²) in [6.45, 7) is 4.00. The van der Waals surface area contributed by atoms with Crippen molar-refractivity contribution in [3.05, 3.63) is 89.2 Å². The number of aryl methyl sites for hydroxylation is 1. The van der Waals surface area contributed by atoms with Gasteiger partial charge in [0.25, 0.3) is 10.1 Å². The minimum absolute atomic E-state index is 0.0805. The van der Waals surface area contributed by atoms with E-state index in [1.54, 1.807) is 23.5 Å². The highest BCUT2D eigenvalue weighted by Crippen LogP contribution is 2.31. The first-order valence-corrected chi connectivity index (χ1v) is 12.2. The second kappa shape index (κ2) is 8.70. The van der Waals surface area contributed by atoms with E-state index in [4.69, 9.17) is 4.98 Å². The van der Waals surface area contributed by atoms with Crippen LogP contribution in [0.1, 0.15) is 29.7 Å². The van der Waals surface area contributed by atoms with Gasteiger partial charge < -0.3 is 0 Å². The molecule has 1 atom stereocenters. The van der Waals surface area contributed by atoms with E-state index >= 15 is 0 Å². The average Bonchev–Trinajstić information content (AvgIpc) is 3.26. The minimum atomic E-state index is -4.22. The van der Waals surface area contributed by atoms with Gasteiger partial charge in [0.1, 0.15) is 5.01 Å². The molecule has 0 aliphatic heterocycles. The SMILES string of the molecule is Cc1ccc(S(=O)(=O)O)cc1CC(C)c1csc(-c2cncc(-c3ccccc3)c2)n1. The topological polar surface area (TPSA) is 80.2 Å². The van der Waals surface area contributed by atoms with Gasteiger partial charge in [0.15, 0.2) is 0 Å². The summed E-state index contributed by atoms with van der Waals surface area (Å²) in [4.78, 5) is 9.13. The molecule has 0 amide bonds. The maximum absolute atomic E-state index is 11.5. The molecular formula is C24H22N2O3S2. The van der Waals surface area contributed by atoms with Crippen LogP contribution in [0.4, 0.5) is 0 Å². The fraction of sp³-hybridized carbons (Fsp3) is 0.167. The zero-order chi connectivity index (χ0) is 22.0. The monoisotopic (exact) mass is 450 g/mol. The van der Waals surface area contributed by atoms with Crippen molar-refractivity contribution in [2.24, 2.45) is 0 Å². The Kier molecular flexibility index (Phi) is 6.00. The average molecular weight is 451 g/mol. The third-order valence-corrected chi connectivity index (χ3v) is 7.02. The third-order valence-electron chi connectivity index (χ3n) is 5.26. The molecule has 1 N–H and O–H groups in total. The molecule has 4 aromatic rings. The Morgan fingerprint density at radius 2 is 1.74 bits per heavy atom. The molecule has 0 radical (unpaired) electrons. The lowest BCUT2D eigenvalue weighted by Crippen LogP contribution is -2.04. The lowest BCUT2D eigenvalue weighted by atomic mass is 9.95. The molecule has 2 aromatic carbocycles. The first-order chi connectivity index (χ1) is 14.8. The van der Waals surface area contributed by atoms with E-state index in [0.717, 1.165) is 38.5 Å². The number of hydrogen-bond donors (Lipinski definition) is 1. The largest absolute Gasteiger partial charge is 0.294 e. The van der Waals surface area contributed by atoms with Gasteiger partial charge in [-0.2, -0.15) is 8.42 Å². The molecule has 4 rings (SSSR count). The van der Waals surface area contributed by atoms with Crippen molar-refractivity contribution in [3.63, 3.8) is 0 Å². The molecule has 0 aliphatic rings. The smallest absolute Gasteiger partial charge is 0.282 e. The van der Waals surface area contributed by atoms with Gasteiger partial charge in [-0.05, 0) is 48.2 Å². The van der Waals surface area contributed by atoms with Gasteiger partial charge in [-0.3, -0.25) is 9.54 Å². The lowest BCUT2D eigenvalue weighted by Gasteiger charge is -2.12. The molecule has 7 heteroatoms. The Balaban J connectivity index is 1.57. The van der Waals surface area contributed by atoms with E-state index in [1.807, 2.05) is 42.9 Å². The Hall–Kier alpha value is -2.87. The Bertz CT molecular complexity index is 1320. The van der Waals surface area contributed by atoms with Gasteiger partial charge >= 0.3 is 0 Å². The van der Waals surface area contributed by atoms with Crippen LogP contribution in [0.15, 0.2) is 77.3 Å². The lowest BCUT2D eigenvalue weighted by molar-refractivity contribution is 0.483. The Morgan fingerprint density at radius 1 is 1.00 bits per heavy atom. The summed E-state index contributed by atoms with van der Waals surface area (Å²) in [5, 5.41) is 2.94. The Morgan fingerprint density at radius 3 is 2.48 bits per heavy atom. The summed E-state index contributed by atoms with van der Waals surface area (Å²) < 4.78 is 32.3. The fourth-order valence-corrected chi connectivity index (χ4v) is 4.91. The highest BCUT2D eigenvalue weighted by molar-refractivity contribution is 7.85. The molecule has 0 spiro atoms. The first kappa shape index (κ1) is 21.4. The van der Waals surface area contributed by atoms with Gasteiger partial charge in [0.2, 0.25) is 0 Å². The van der Waals surface area contributed by atoms with Crippen LogP contribution >= 0.6 is 11.3 Å². The van der Waals surface area contributed by atoms with Gasteiger partial charge in [-0.1, -0.05) is 43.3 Å². The predicted octanol–water partition coefficient (Wildman–Crippen LogP) is 5.77. The van der Waals surface area contributed by atoms with Gasteiger partial charge in [-0.15, -0.1) is 11.3 Å². The molecule has 0 saturated heterocycles. The summed E-state index contributed by atoms with van der Waals surface area (Å²) >= 11 is 1.57. The molecule has 0 bridgehead atoms. The molecule has 1 unspecified atom stereocenters. The minimum Gasteiger partial charge on any atom is -0.282 e. The number of thiazole rings is 1. The van der Waals surface area contributed by atoms with E-state index in [2.05, 4.69) is 30.1 Å². The third kappa shape index (κ3) is 4.90. The zero-order valence-corrected chi connectivity index (χ0v) is 18.8. The van der Waals surface area contributed by atoms with Crippen LogP contribution in [0.2, 0.25) is 0 Å². The second-order valence-electron chi connectivity index (χ2n) is 7.57. The van der Waals surface area contributed by atoms with E-state index in [-0.39, 0.29) is 10.8 Å². The van der Waals surface area contributed by atoms with Crippen LogP contribution in [0, 0.1) is 6.92 Å². The summed E-state index contributed by atoms with van der Waals surface area (Å²) in [5.41, 5.74) is 5.92. The standard InChI is InChI=1S/C24H22N2O3S2/c1-16-8-9-22(31(27,28)29)12-19(16)10-17(2)23-15-30-24(26-23)21-11-20(13-25-14-21)18-6-4-3-5-7-18/h3-9,11-15,17H,10H2,1-2H3,(H,27,28,29). The number of hydrogen-bond acceptors (Lipinski definition) is 5. The summed E-state index contributed by atoms with van der Waals surface area (Å²) in [7, 11) is -4.22. The van der Waals surface area contributed by atoms with E-state index in [1.165, 1.54) is 6.07 Å². The predicted molar refractivity (Wildman–Crippen MR) is 124 cm³/mol. The van der Waals surface area contributed by atoms with Crippen molar-refractivity contribution < 1.29 is 13.0 Å². The summed E-state index contributed by atoms with van der Waals surface area (Å²) in [6, 6.07) is 16.9. The summed E-state index contributed by atoms with van der Waals surface area (Å²) in [6.07, 6.45) is 4.29. The van der Waals surface area contributed by atoms with Crippen molar-refractivity contribution in [2.45, 2.75) is 31.1 Å². The number of aromatic nitrogens is 2. The fourth-order valence-electron chi connectivity index (χ4n) is 3.45. The number of pyridine rings is 1. The van der Waals surface area contributed by atoms with Crippen molar-refractivity contribution >= 4 is 21.5 Å². The van der Waals surface area contributed by atoms with Crippen LogP contribution < -0.4 is 0 Å². The molecule has 0 saturated carbocycles. The molecule has 2 heterocycles. The molecule has 31 heavy (non-hydrogen) atoms. The quantitative estimate of drug-likeness (QED) is 0.377. The van der Waals surface area contributed by atoms with E-state index in [9.17, 15) is 13.0 Å². The van der Waals surface area contributed by atoms with Crippen molar-refractivity contribution in [3.8, 4) is 21.7 Å². The van der Waals surface area contributed by atoms with Crippen molar-refractivity contribution in [1.82, 2.24) is 9.97 Å². The van der Waals surface area contributed by atoms with Gasteiger partial charge in [0.05, 0.1) is 10.6 Å². The first-order valence-electron chi connectivity index (χ1n) is 9.84. The number of rotatable bonds is 6. The molecule has 5 nitrogen and oxygen atoms in total. The molecule has 0 aliphatic carbocycles. The molecule has 158 valence electrons. The second-order valence-corrected chi connectivity index (χ2v) is 9.85. The maximum atomic E-state index is 11.5. The number of nitrogens with zero attached hydrogens (tertiary/aromatic N) is 2. The van der Waals surface area contributed by atoms with Crippen LogP contribution in [-0.4, -0.2) is 22.9 Å². The van der Waals surface area contributed by atoms with Crippen LogP contribution in [0.3, 0.4) is 0 Å². The van der Waals surface area contributed by atoms with Crippen LogP contribution in [-0.2, 0) is 16.5 Å². The van der Waals surface area contributed by atoms with Crippen molar-refractivity contribution in [1.29, 1.82) is 0 Å². The maximum Gasteiger partial charge on any atom is 0.294 e. The highest BCUT2D eigenvalue weighted by Gasteiger charge is 2.16. The Labute approximate surface area is 186 Å². The van der Waals surface area contributed by atoms with Gasteiger partial charge in [-0.25, -0.2) is 4.98 Å². The zero-order valence-electron chi connectivity index (χ0n) is 17.2. The van der Waals surface area contributed by atoms with Crippen molar-refractivity contribution in [2.75, 3.05) is 0 Å². The van der Waals surface area contributed by atoms with Gasteiger partial charge in [0, 0.05) is 34.8 Å². The summed E-state index contributed by atoms with van der Waals surface area (Å²) in [5.74, 6) is 0.0885. The molecule has 0 fully saturated rings. The van der Waals surface area contributed by atoms with Crippen LogP contribution in [0.5, 0.6) is 0 Å². The highest BCUT2D eigenvalue weighted by atomic mass is 32.2. The number of benzene rings is 2. The molecular weight excluding hydrogens is 428 g/mol. The van der Waals surface area contributed by atoms with Crippen LogP contribution in [0.25, 0.3) is 21.7 Å². The molecule has 2 aromatic heterocycles. The van der Waals surface area contributed by atoms with E-state index in [0.29, 0.717) is 6.42 Å². The normalized spacial score (nSPS) is 12.6. The van der Waals surface area contributed by atoms with E-state index < -0.39 is 10.1 Å².